The van der Waals surface area contributed by atoms with Gasteiger partial charge in [-0.2, -0.15) is 0 Å². The first-order chi connectivity index (χ1) is 15.7. The van der Waals surface area contributed by atoms with Crippen LogP contribution < -0.4 is 15.1 Å². The summed E-state index contributed by atoms with van der Waals surface area (Å²) in [6.45, 7) is 7.40. The molecular formula is C25H21ClN2O5. The third-order valence-electron chi connectivity index (χ3n) is 5.56. The second kappa shape index (κ2) is 7.78. The van der Waals surface area contributed by atoms with Crippen LogP contribution >= 0.6 is 11.6 Å². The summed E-state index contributed by atoms with van der Waals surface area (Å²) in [4.78, 5) is 28.7. The number of hydrogen-bond donors (Lipinski definition) is 0. The van der Waals surface area contributed by atoms with Gasteiger partial charge >= 0.3 is 0 Å². The van der Waals surface area contributed by atoms with E-state index in [1.54, 1.807) is 25.1 Å². The van der Waals surface area contributed by atoms with E-state index < -0.39 is 11.9 Å². The zero-order chi connectivity index (χ0) is 23.4. The van der Waals surface area contributed by atoms with Gasteiger partial charge in [0.25, 0.3) is 5.91 Å². The van der Waals surface area contributed by atoms with Gasteiger partial charge in [0.05, 0.1) is 23.1 Å². The summed E-state index contributed by atoms with van der Waals surface area (Å²) < 4.78 is 17.1. The summed E-state index contributed by atoms with van der Waals surface area (Å²) in [6, 6.07) is 11.4. The van der Waals surface area contributed by atoms with Gasteiger partial charge in [0, 0.05) is 11.1 Å². The third kappa shape index (κ3) is 3.49. The molecule has 0 radical (unpaired) electrons. The largest absolute Gasteiger partial charge is 0.491 e. The lowest BCUT2D eigenvalue weighted by Gasteiger charge is -2.23. The van der Waals surface area contributed by atoms with Crippen LogP contribution in [-0.4, -0.2) is 17.2 Å². The Bertz CT molecular complexity index is 1470. The molecule has 0 fully saturated rings. The fraction of sp³-hybridized carbons (Fsp3) is 0.240. The van der Waals surface area contributed by atoms with Crippen molar-refractivity contribution in [1.82, 2.24) is 5.16 Å². The van der Waals surface area contributed by atoms with Crippen LogP contribution in [0.5, 0.6) is 5.75 Å². The number of aryl methyl sites for hydroxylation is 2. The summed E-state index contributed by atoms with van der Waals surface area (Å²) in [5, 5.41) is 4.80. The lowest BCUT2D eigenvalue weighted by molar-refractivity contribution is 0.0969. The average Bonchev–Trinajstić information content (AvgIpc) is 3.30. The quantitative estimate of drug-likeness (QED) is 0.391. The molecule has 33 heavy (non-hydrogen) atoms. The molecule has 0 saturated carbocycles. The van der Waals surface area contributed by atoms with Gasteiger partial charge in [0.2, 0.25) is 5.76 Å². The van der Waals surface area contributed by atoms with Crippen LogP contribution in [0.25, 0.3) is 11.0 Å². The van der Waals surface area contributed by atoms with Crippen molar-refractivity contribution in [2.75, 3.05) is 4.90 Å². The number of halogens is 1. The Morgan fingerprint density at radius 3 is 2.61 bits per heavy atom. The van der Waals surface area contributed by atoms with Gasteiger partial charge in [0.1, 0.15) is 17.1 Å². The number of ether oxygens (including phenoxy) is 1. The SMILES string of the molecule is Cc1cc(N2C(=O)c3oc4cc(C)c(Cl)cc4c(=O)c3[C@@H]2c2cccc(OC(C)C)c2)no1. The van der Waals surface area contributed by atoms with Crippen molar-refractivity contribution in [2.24, 2.45) is 0 Å². The van der Waals surface area contributed by atoms with Crippen LogP contribution in [0.3, 0.4) is 0 Å². The Morgan fingerprint density at radius 2 is 1.91 bits per heavy atom. The van der Waals surface area contributed by atoms with E-state index in [2.05, 4.69) is 5.16 Å². The molecule has 0 N–H and O–H groups in total. The van der Waals surface area contributed by atoms with Crippen molar-refractivity contribution in [3.63, 3.8) is 0 Å². The predicted octanol–water partition coefficient (Wildman–Crippen LogP) is 5.59. The highest BCUT2D eigenvalue weighted by molar-refractivity contribution is 6.32. The van der Waals surface area contributed by atoms with E-state index in [1.807, 2.05) is 45.0 Å². The molecule has 2 aromatic carbocycles. The van der Waals surface area contributed by atoms with E-state index >= 15 is 0 Å². The number of benzene rings is 2. The van der Waals surface area contributed by atoms with Gasteiger partial charge in [0.15, 0.2) is 11.2 Å². The Kier molecular flexibility index (Phi) is 5.01. The first-order valence-corrected chi connectivity index (χ1v) is 10.9. The average molecular weight is 465 g/mol. The molecule has 1 amide bonds. The summed E-state index contributed by atoms with van der Waals surface area (Å²) in [5.74, 6) is 0.974. The van der Waals surface area contributed by atoms with Crippen molar-refractivity contribution in [2.45, 2.75) is 39.8 Å². The number of amides is 1. The van der Waals surface area contributed by atoms with E-state index in [4.69, 9.17) is 25.3 Å². The van der Waals surface area contributed by atoms with E-state index in [1.165, 1.54) is 4.90 Å². The third-order valence-corrected chi connectivity index (χ3v) is 5.97. The molecule has 168 valence electrons. The summed E-state index contributed by atoms with van der Waals surface area (Å²) in [7, 11) is 0. The van der Waals surface area contributed by atoms with Crippen LogP contribution in [0.2, 0.25) is 5.02 Å². The van der Waals surface area contributed by atoms with E-state index in [9.17, 15) is 9.59 Å². The summed E-state index contributed by atoms with van der Waals surface area (Å²) >= 11 is 6.29. The van der Waals surface area contributed by atoms with Crippen LogP contribution in [0, 0.1) is 13.8 Å². The van der Waals surface area contributed by atoms with Gasteiger partial charge in [-0.1, -0.05) is 28.9 Å². The molecule has 5 rings (SSSR count). The van der Waals surface area contributed by atoms with Gasteiger partial charge < -0.3 is 13.7 Å². The van der Waals surface area contributed by atoms with E-state index in [-0.39, 0.29) is 22.9 Å². The lowest BCUT2D eigenvalue weighted by atomic mass is 9.98. The Hall–Kier alpha value is -3.58. The van der Waals surface area contributed by atoms with Crippen LogP contribution in [-0.2, 0) is 0 Å². The molecule has 1 aliphatic rings. The van der Waals surface area contributed by atoms with Crippen LogP contribution in [0.4, 0.5) is 5.82 Å². The van der Waals surface area contributed by atoms with E-state index in [0.717, 1.165) is 5.56 Å². The Balaban J connectivity index is 1.78. The van der Waals surface area contributed by atoms with E-state index in [0.29, 0.717) is 38.9 Å². The highest BCUT2D eigenvalue weighted by Crippen LogP contribution is 2.42. The van der Waals surface area contributed by atoms with Gasteiger partial charge in [-0.25, -0.2) is 0 Å². The number of anilines is 1. The monoisotopic (exact) mass is 464 g/mol. The molecule has 0 unspecified atom stereocenters. The first kappa shape index (κ1) is 21.3. The Morgan fingerprint density at radius 1 is 1.12 bits per heavy atom. The normalized spacial score (nSPS) is 15.5. The van der Waals surface area contributed by atoms with Crippen molar-refractivity contribution >= 4 is 34.3 Å². The standard InChI is InChI=1S/C25H21ClN2O5/c1-12(2)31-16-7-5-6-15(10-16)22-21-23(29)17-11-18(26)13(3)8-19(17)32-24(21)25(30)28(22)20-9-14(4)33-27-20/h5-12,22H,1-4H3/t22-/m0/s1. The number of rotatable bonds is 4. The smallest absolute Gasteiger partial charge is 0.296 e. The van der Waals surface area contributed by atoms with Crippen molar-refractivity contribution in [3.05, 3.63) is 85.9 Å². The molecule has 8 heteroatoms. The minimum atomic E-state index is -0.770. The highest BCUT2D eigenvalue weighted by Gasteiger charge is 2.45. The second-order valence-electron chi connectivity index (χ2n) is 8.38. The molecule has 2 aromatic heterocycles. The number of aromatic nitrogens is 1. The first-order valence-electron chi connectivity index (χ1n) is 10.5. The zero-order valence-corrected chi connectivity index (χ0v) is 19.3. The van der Waals surface area contributed by atoms with Gasteiger partial charge in [-0.15, -0.1) is 0 Å². The van der Waals surface area contributed by atoms with Gasteiger partial charge in [-0.3, -0.25) is 14.5 Å². The molecule has 1 aliphatic heterocycles. The molecule has 7 nitrogen and oxygen atoms in total. The summed E-state index contributed by atoms with van der Waals surface area (Å²) in [6.07, 6.45) is -0.0357. The number of hydrogen-bond acceptors (Lipinski definition) is 6. The second-order valence-corrected chi connectivity index (χ2v) is 8.79. The molecule has 4 aromatic rings. The molecule has 1 atom stereocenters. The molecular weight excluding hydrogens is 444 g/mol. The topological polar surface area (TPSA) is 85.8 Å². The maximum absolute atomic E-state index is 13.7. The molecule has 0 aliphatic carbocycles. The predicted molar refractivity (Wildman–Crippen MR) is 124 cm³/mol. The van der Waals surface area contributed by atoms with Gasteiger partial charge in [-0.05, 0) is 63.1 Å². The fourth-order valence-corrected chi connectivity index (χ4v) is 4.31. The molecule has 0 spiro atoms. The maximum atomic E-state index is 13.7. The van der Waals surface area contributed by atoms with Crippen molar-refractivity contribution in [3.8, 4) is 5.75 Å². The van der Waals surface area contributed by atoms with Crippen LogP contribution in [0.1, 0.15) is 52.9 Å². The Labute approximate surface area is 194 Å². The summed E-state index contributed by atoms with van der Waals surface area (Å²) in [5.41, 5.74) is 1.66. The zero-order valence-electron chi connectivity index (χ0n) is 18.5. The minimum absolute atomic E-state index is 0.0185. The number of carbonyl (C=O) groups is 1. The number of fused-ring (bicyclic) bond motifs is 2. The lowest BCUT2D eigenvalue weighted by Crippen LogP contribution is -2.29. The highest BCUT2D eigenvalue weighted by atomic mass is 35.5. The van der Waals surface area contributed by atoms with Crippen LogP contribution in [0.15, 0.2) is 56.2 Å². The molecule has 3 heterocycles. The minimum Gasteiger partial charge on any atom is -0.491 e. The van der Waals surface area contributed by atoms with Crippen molar-refractivity contribution in [1.29, 1.82) is 0 Å². The molecule has 0 saturated heterocycles. The molecule has 0 bridgehead atoms. The maximum Gasteiger partial charge on any atom is 0.296 e. The fourth-order valence-electron chi connectivity index (χ4n) is 4.14. The van der Waals surface area contributed by atoms with Crippen molar-refractivity contribution < 1.29 is 18.5 Å². The number of carbonyl (C=O) groups excluding carboxylic acids is 1. The number of nitrogens with zero attached hydrogens (tertiary/aromatic N) is 2.